The Bertz CT molecular complexity index is 1130. The fourth-order valence-electron chi connectivity index (χ4n) is 3.44. The van der Waals surface area contributed by atoms with Gasteiger partial charge in [-0.1, -0.05) is 17.4 Å². The molecular weight excluding hydrogens is 474 g/mol. The van der Waals surface area contributed by atoms with Gasteiger partial charge in [0.1, 0.15) is 27.5 Å². The molecule has 6 N–H and O–H groups in total. The van der Waals surface area contributed by atoms with Crippen molar-refractivity contribution in [2.75, 3.05) is 31.9 Å². The average Bonchev–Trinajstić information content (AvgIpc) is 3.54. The van der Waals surface area contributed by atoms with Gasteiger partial charge in [-0.2, -0.15) is 0 Å². The van der Waals surface area contributed by atoms with Crippen LogP contribution < -0.4 is 22.1 Å². The van der Waals surface area contributed by atoms with Crippen LogP contribution >= 0.6 is 11.3 Å². The molecular formula is C21H23F4N7OS. The maximum absolute atomic E-state index is 14.2. The second-order valence-electron chi connectivity index (χ2n) is 8.00. The minimum absolute atomic E-state index is 0.0145. The molecule has 2 aliphatic rings. The number of anilines is 1. The Kier molecular flexibility index (Phi) is 6.75. The molecule has 0 radical (unpaired) electrons. The first-order valence-corrected chi connectivity index (χ1v) is 11.4. The molecule has 1 aromatic carbocycles. The Morgan fingerprint density at radius 1 is 1.32 bits per heavy atom. The fourth-order valence-corrected chi connectivity index (χ4v) is 4.31. The van der Waals surface area contributed by atoms with E-state index in [1.807, 2.05) is 0 Å². The van der Waals surface area contributed by atoms with Crippen LogP contribution in [0, 0.1) is 11.6 Å². The van der Waals surface area contributed by atoms with Gasteiger partial charge in [0.05, 0.1) is 30.4 Å². The predicted molar refractivity (Wildman–Crippen MR) is 121 cm³/mol. The first-order chi connectivity index (χ1) is 16.2. The number of halogens is 4. The maximum Gasteiger partial charge on any atom is 0.277 e. The van der Waals surface area contributed by atoms with Crippen molar-refractivity contribution in [1.29, 1.82) is 0 Å². The third-order valence-electron chi connectivity index (χ3n) is 5.22. The SMILES string of the molecule is N/C=C(/NC(=O)c1nc(-c2c(F)cccc2F)sc1N)C(=NC1CC1)N1CCNCC(F)(F)C1. The van der Waals surface area contributed by atoms with Gasteiger partial charge in [0.25, 0.3) is 11.8 Å². The number of aliphatic imine (C=N–C) groups is 1. The number of carbonyl (C=O) groups excluding carboxylic acids is 1. The van der Waals surface area contributed by atoms with Crippen LogP contribution in [0.5, 0.6) is 0 Å². The van der Waals surface area contributed by atoms with Gasteiger partial charge in [0, 0.05) is 19.3 Å². The zero-order valence-electron chi connectivity index (χ0n) is 18.0. The van der Waals surface area contributed by atoms with E-state index < -0.39 is 42.1 Å². The highest BCUT2D eigenvalue weighted by Crippen LogP contribution is 2.33. The van der Waals surface area contributed by atoms with Crippen LogP contribution in [0.2, 0.25) is 0 Å². The molecule has 0 unspecified atom stereocenters. The third-order valence-corrected chi connectivity index (χ3v) is 6.12. The maximum atomic E-state index is 14.2. The highest BCUT2D eigenvalue weighted by molar-refractivity contribution is 7.19. The molecule has 13 heteroatoms. The molecule has 1 aromatic heterocycles. The van der Waals surface area contributed by atoms with Gasteiger partial charge in [-0.25, -0.2) is 22.5 Å². The van der Waals surface area contributed by atoms with Crippen LogP contribution in [-0.4, -0.2) is 59.8 Å². The highest BCUT2D eigenvalue weighted by Gasteiger charge is 2.36. The number of nitrogen functional groups attached to an aromatic ring is 1. The number of nitrogens with zero attached hydrogens (tertiary/aromatic N) is 3. The zero-order chi connectivity index (χ0) is 24.5. The summed E-state index contributed by atoms with van der Waals surface area (Å²) in [6.07, 6.45) is 2.67. The van der Waals surface area contributed by atoms with Crippen LogP contribution in [0.3, 0.4) is 0 Å². The molecule has 0 atom stereocenters. The Labute approximate surface area is 196 Å². The Morgan fingerprint density at radius 2 is 2.03 bits per heavy atom. The summed E-state index contributed by atoms with van der Waals surface area (Å²) in [4.78, 5) is 22.9. The first-order valence-electron chi connectivity index (χ1n) is 10.5. The van der Waals surface area contributed by atoms with E-state index in [9.17, 15) is 22.4 Å². The molecule has 0 spiro atoms. The topological polar surface area (TPSA) is 122 Å². The Hall–Kier alpha value is -3.19. The molecule has 34 heavy (non-hydrogen) atoms. The van der Waals surface area contributed by atoms with Crippen molar-refractivity contribution in [1.82, 2.24) is 20.5 Å². The molecule has 2 heterocycles. The van der Waals surface area contributed by atoms with E-state index in [0.29, 0.717) is 6.54 Å². The van der Waals surface area contributed by atoms with Crippen molar-refractivity contribution < 1.29 is 22.4 Å². The Balaban J connectivity index is 1.60. The van der Waals surface area contributed by atoms with E-state index >= 15 is 0 Å². The summed E-state index contributed by atoms with van der Waals surface area (Å²) in [7, 11) is 0. The predicted octanol–water partition coefficient (Wildman–Crippen LogP) is 2.30. The minimum atomic E-state index is -3.01. The van der Waals surface area contributed by atoms with Crippen LogP contribution in [-0.2, 0) is 0 Å². The lowest BCUT2D eigenvalue weighted by atomic mass is 10.2. The molecule has 1 aliphatic carbocycles. The molecule has 2 aromatic rings. The smallest absolute Gasteiger partial charge is 0.277 e. The summed E-state index contributed by atoms with van der Waals surface area (Å²) in [5, 5.41) is 5.03. The number of nitrogens with two attached hydrogens (primary N) is 2. The third kappa shape index (κ3) is 5.30. The van der Waals surface area contributed by atoms with E-state index in [1.54, 1.807) is 0 Å². The van der Waals surface area contributed by atoms with Crippen molar-refractivity contribution >= 4 is 28.1 Å². The molecule has 8 nitrogen and oxygen atoms in total. The van der Waals surface area contributed by atoms with E-state index in [-0.39, 0.29) is 39.8 Å². The molecule has 0 bridgehead atoms. The number of hydrogen-bond acceptors (Lipinski definition) is 7. The second-order valence-corrected chi connectivity index (χ2v) is 9.03. The van der Waals surface area contributed by atoms with Gasteiger partial charge in [0.15, 0.2) is 5.69 Å². The number of nitrogens with one attached hydrogen (secondary N) is 2. The summed E-state index contributed by atoms with van der Waals surface area (Å²) in [6.45, 7) is -0.557. The number of amidine groups is 1. The number of carbonyl (C=O) groups is 1. The molecule has 182 valence electrons. The van der Waals surface area contributed by atoms with Gasteiger partial charge in [0.2, 0.25) is 0 Å². The summed E-state index contributed by atoms with van der Waals surface area (Å²) >= 11 is 0.745. The molecule has 1 aliphatic heterocycles. The van der Waals surface area contributed by atoms with Gasteiger partial charge in [-0.15, -0.1) is 0 Å². The minimum Gasteiger partial charge on any atom is -0.403 e. The molecule has 1 saturated carbocycles. The zero-order valence-corrected chi connectivity index (χ0v) is 18.8. The van der Waals surface area contributed by atoms with Crippen LogP contribution in [0.4, 0.5) is 22.6 Å². The van der Waals surface area contributed by atoms with Gasteiger partial charge < -0.3 is 27.0 Å². The monoisotopic (exact) mass is 497 g/mol. The van der Waals surface area contributed by atoms with E-state index in [1.165, 1.54) is 11.0 Å². The molecule has 1 saturated heterocycles. The standard InChI is InChI=1S/C21H23F4N7OS/c22-12-2-1-3-13(23)15(12)20-31-16(17(27)34-20)19(33)30-14(8-26)18(29-11-4-5-11)32-7-6-28-9-21(24,25)10-32/h1-3,8,11,28H,4-7,9-10,26-27H2,(H,30,33)/b14-8+,29-18?. The van der Waals surface area contributed by atoms with Crippen molar-refractivity contribution in [3.63, 3.8) is 0 Å². The van der Waals surface area contributed by atoms with Crippen molar-refractivity contribution in [3.05, 3.63) is 47.4 Å². The van der Waals surface area contributed by atoms with E-state index in [2.05, 4.69) is 20.6 Å². The normalized spacial score (nSPS) is 19.1. The lowest BCUT2D eigenvalue weighted by molar-refractivity contribution is -0.00585. The number of rotatable bonds is 5. The molecule has 1 amide bonds. The van der Waals surface area contributed by atoms with Crippen LogP contribution in [0.25, 0.3) is 10.6 Å². The lowest BCUT2D eigenvalue weighted by Crippen LogP contribution is -2.45. The average molecular weight is 498 g/mol. The Morgan fingerprint density at radius 3 is 2.68 bits per heavy atom. The fraction of sp³-hybridized carbons (Fsp3) is 0.381. The largest absolute Gasteiger partial charge is 0.403 e. The number of hydrogen-bond donors (Lipinski definition) is 4. The number of alkyl halides is 2. The number of thiazole rings is 1. The van der Waals surface area contributed by atoms with E-state index in [4.69, 9.17) is 11.5 Å². The number of benzene rings is 1. The number of aromatic nitrogens is 1. The van der Waals surface area contributed by atoms with Crippen LogP contribution in [0.1, 0.15) is 23.3 Å². The lowest BCUT2D eigenvalue weighted by Gasteiger charge is -2.28. The first kappa shape index (κ1) is 24.0. The summed E-state index contributed by atoms with van der Waals surface area (Å²) < 4.78 is 56.7. The summed E-state index contributed by atoms with van der Waals surface area (Å²) in [5.41, 5.74) is 11.0. The van der Waals surface area contributed by atoms with Gasteiger partial charge >= 0.3 is 0 Å². The van der Waals surface area contributed by atoms with Crippen molar-refractivity contribution in [2.45, 2.75) is 24.8 Å². The number of amides is 1. The molecule has 2 fully saturated rings. The highest BCUT2D eigenvalue weighted by atomic mass is 32.1. The summed E-state index contributed by atoms with van der Waals surface area (Å²) in [6, 6.07) is 3.29. The quantitative estimate of drug-likeness (QED) is 0.286. The van der Waals surface area contributed by atoms with Crippen molar-refractivity contribution in [3.8, 4) is 10.6 Å². The second kappa shape index (κ2) is 9.58. The summed E-state index contributed by atoms with van der Waals surface area (Å²) in [5.74, 6) is -5.38. The van der Waals surface area contributed by atoms with Gasteiger partial charge in [-0.3, -0.25) is 9.79 Å². The van der Waals surface area contributed by atoms with Gasteiger partial charge in [-0.05, 0) is 25.0 Å². The van der Waals surface area contributed by atoms with Crippen molar-refractivity contribution in [2.24, 2.45) is 10.7 Å². The van der Waals surface area contributed by atoms with Crippen LogP contribution in [0.15, 0.2) is 35.1 Å². The molecule has 4 rings (SSSR count). The van der Waals surface area contributed by atoms with E-state index in [0.717, 1.165) is 42.5 Å².